The monoisotopic (exact) mass is 416 g/mol. The predicted octanol–water partition coefficient (Wildman–Crippen LogP) is 3.34. The first-order valence-electron chi connectivity index (χ1n) is 8.71. The summed E-state index contributed by atoms with van der Waals surface area (Å²) < 4.78 is 39.2. The van der Waals surface area contributed by atoms with Gasteiger partial charge in [-0.3, -0.25) is 9.79 Å². The molecule has 4 N–H and O–H groups in total. The maximum atomic E-state index is 13.1. The molecule has 1 amide bonds. The van der Waals surface area contributed by atoms with Crippen molar-refractivity contribution >= 4 is 23.4 Å². The van der Waals surface area contributed by atoms with Crippen LogP contribution in [-0.4, -0.2) is 29.4 Å². The fourth-order valence-electron chi connectivity index (χ4n) is 2.46. The molecule has 0 fully saturated rings. The minimum absolute atomic E-state index is 0.206. The number of allylic oxidation sites excluding steroid dienone is 1. The second-order valence-electron chi connectivity index (χ2n) is 6.56. The molecule has 2 rings (SSSR count). The largest absolute Gasteiger partial charge is 0.417 e. The van der Waals surface area contributed by atoms with Gasteiger partial charge in [0.05, 0.1) is 23.7 Å². The van der Waals surface area contributed by atoms with E-state index in [1.54, 1.807) is 12.1 Å². The van der Waals surface area contributed by atoms with Crippen LogP contribution in [0, 0.1) is 11.3 Å². The van der Waals surface area contributed by atoms with Crippen molar-refractivity contribution in [1.82, 2.24) is 0 Å². The van der Waals surface area contributed by atoms with Crippen LogP contribution in [0.5, 0.6) is 0 Å². The molecule has 30 heavy (non-hydrogen) atoms. The Kier molecular flexibility index (Phi) is 6.97. The van der Waals surface area contributed by atoms with Crippen LogP contribution < -0.4 is 11.1 Å². The van der Waals surface area contributed by atoms with Gasteiger partial charge in [-0.15, -0.1) is 0 Å². The summed E-state index contributed by atoms with van der Waals surface area (Å²) in [6.45, 7) is 0.827. The highest BCUT2D eigenvalue weighted by molar-refractivity contribution is 6.09. The number of benzene rings is 2. The number of aliphatic imine (C=N–C) groups is 1. The number of carbonyl (C=O) groups is 1. The fourth-order valence-corrected chi connectivity index (χ4v) is 2.46. The predicted molar refractivity (Wildman–Crippen MR) is 107 cm³/mol. The highest BCUT2D eigenvalue weighted by Gasteiger charge is 2.35. The Hall–Kier alpha value is -3.64. The third kappa shape index (κ3) is 5.68. The Bertz CT molecular complexity index is 1010. The van der Waals surface area contributed by atoms with Gasteiger partial charge < -0.3 is 16.2 Å². The molecule has 0 aromatic heterocycles. The van der Waals surface area contributed by atoms with Crippen molar-refractivity contribution in [3.63, 3.8) is 0 Å². The van der Waals surface area contributed by atoms with Gasteiger partial charge in [-0.05, 0) is 30.7 Å². The van der Waals surface area contributed by atoms with E-state index >= 15 is 0 Å². The summed E-state index contributed by atoms with van der Waals surface area (Å²) in [5, 5.41) is 21.4. The average molecular weight is 416 g/mol. The van der Waals surface area contributed by atoms with Crippen LogP contribution in [-0.2, 0) is 11.0 Å². The SMILES string of the molecule is C[C@](O)(CN=CC(=CN)c1ccccc1)C(=O)Nc1ccc(C#N)c(C(F)(F)F)c1. The fraction of sp³-hybridized carbons (Fsp3) is 0.190. The van der Waals surface area contributed by atoms with Crippen molar-refractivity contribution in [2.75, 3.05) is 11.9 Å². The van der Waals surface area contributed by atoms with E-state index in [0.29, 0.717) is 11.6 Å². The number of rotatable bonds is 6. The first kappa shape index (κ1) is 22.6. The molecular formula is C21H19F3N4O2. The number of hydrogen-bond acceptors (Lipinski definition) is 5. The van der Waals surface area contributed by atoms with Crippen molar-refractivity contribution in [2.45, 2.75) is 18.7 Å². The van der Waals surface area contributed by atoms with Crippen molar-refractivity contribution in [1.29, 1.82) is 5.26 Å². The lowest BCUT2D eigenvalue weighted by Crippen LogP contribution is -2.42. The number of carbonyl (C=O) groups excluding carboxylic acids is 1. The first-order chi connectivity index (χ1) is 14.1. The zero-order chi connectivity index (χ0) is 22.4. The number of aliphatic hydroxyl groups is 1. The summed E-state index contributed by atoms with van der Waals surface area (Å²) in [5.41, 5.74) is 2.97. The second kappa shape index (κ2) is 9.24. The molecule has 0 saturated heterocycles. The third-order valence-corrected chi connectivity index (χ3v) is 4.11. The van der Waals surface area contributed by atoms with Gasteiger partial charge in [0.1, 0.15) is 0 Å². The maximum Gasteiger partial charge on any atom is 0.417 e. The van der Waals surface area contributed by atoms with Crippen molar-refractivity contribution < 1.29 is 23.1 Å². The zero-order valence-electron chi connectivity index (χ0n) is 15.9. The van der Waals surface area contributed by atoms with Gasteiger partial charge in [-0.1, -0.05) is 30.3 Å². The molecule has 2 aromatic rings. The number of nitrogens with two attached hydrogens (primary N) is 1. The molecule has 0 spiro atoms. The average Bonchev–Trinajstić information content (AvgIpc) is 2.71. The summed E-state index contributed by atoms with van der Waals surface area (Å²) >= 11 is 0. The van der Waals surface area contributed by atoms with Crippen molar-refractivity contribution in [2.24, 2.45) is 10.7 Å². The summed E-state index contributed by atoms with van der Waals surface area (Å²) in [6.07, 6.45) is -2.05. The number of hydrogen-bond donors (Lipinski definition) is 3. The highest BCUT2D eigenvalue weighted by Crippen LogP contribution is 2.33. The molecule has 0 bridgehead atoms. The lowest BCUT2D eigenvalue weighted by molar-refractivity contribution is -0.138. The molecular weight excluding hydrogens is 397 g/mol. The first-order valence-corrected chi connectivity index (χ1v) is 8.71. The lowest BCUT2D eigenvalue weighted by atomic mass is 10.0. The molecule has 0 aliphatic carbocycles. The minimum Gasteiger partial charge on any atom is -0.404 e. The van der Waals surface area contributed by atoms with E-state index in [1.807, 2.05) is 18.2 Å². The van der Waals surface area contributed by atoms with Gasteiger partial charge in [0.25, 0.3) is 5.91 Å². The molecule has 2 aromatic carbocycles. The molecule has 1 atom stereocenters. The Labute approximate surface area is 171 Å². The quantitative estimate of drug-likeness (QED) is 0.627. The van der Waals surface area contributed by atoms with Crippen LogP contribution >= 0.6 is 0 Å². The number of alkyl halides is 3. The van der Waals surface area contributed by atoms with E-state index in [4.69, 9.17) is 11.0 Å². The molecule has 0 radical (unpaired) electrons. The smallest absolute Gasteiger partial charge is 0.404 e. The molecule has 9 heteroatoms. The van der Waals surface area contributed by atoms with Crippen LogP contribution in [0.2, 0.25) is 0 Å². The molecule has 0 saturated carbocycles. The second-order valence-corrected chi connectivity index (χ2v) is 6.56. The number of amides is 1. The topological polar surface area (TPSA) is 112 Å². The van der Waals surface area contributed by atoms with E-state index in [2.05, 4.69) is 10.3 Å². The summed E-state index contributed by atoms with van der Waals surface area (Å²) in [4.78, 5) is 16.4. The summed E-state index contributed by atoms with van der Waals surface area (Å²) in [6, 6.07) is 13.2. The molecule has 156 valence electrons. The van der Waals surface area contributed by atoms with Crippen LogP contribution in [0.4, 0.5) is 18.9 Å². The van der Waals surface area contributed by atoms with Crippen LogP contribution in [0.25, 0.3) is 5.57 Å². The van der Waals surface area contributed by atoms with E-state index < -0.39 is 28.8 Å². The Balaban J connectivity index is 2.12. The Morgan fingerprint density at radius 1 is 1.27 bits per heavy atom. The van der Waals surface area contributed by atoms with E-state index in [0.717, 1.165) is 17.7 Å². The van der Waals surface area contributed by atoms with Crippen molar-refractivity contribution in [3.05, 3.63) is 71.4 Å². The van der Waals surface area contributed by atoms with E-state index in [9.17, 15) is 23.1 Å². The van der Waals surface area contributed by atoms with Gasteiger partial charge >= 0.3 is 6.18 Å². The Morgan fingerprint density at radius 3 is 2.50 bits per heavy atom. The maximum absolute atomic E-state index is 13.1. The molecule has 6 nitrogen and oxygen atoms in total. The number of nitriles is 1. The van der Waals surface area contributed by atoms with Crippen LogP contribution in [0.1, 0.15) is 23.6 Å². The summed E-state index contributed by atoms with van der Waals surface area (Å²) in [7, 11) is 0. The highest BCUT2D eigenvalue weighted by atomic mass is 19.4. The van der Waals surface area contributed by atoms with Gasteiger partial charge in [0, 0.05) is 23.7 Å². The number of nitrogens with zero attached hydrogens (tertiary/aromatic N) is 2. The van der Waals surface area contributed by atoms with Crippen LogP contribution in [0.15, 0.2) is 59.7 Å². The Morgan fingerprint density at radius 2 is 1.93 bits per heavy atom. The van der Waals surface area contributed by atoms with Gasteiger partial charge in [0.2, 0.25) is 0 Å². The standard InChI is InChI=1S/C21H19F3N4O2/c1-20(30,13-27-12-16(11-26)14-5-3-2-4-6-14)19(29)28-17-8-7-15(10-25)18(9-17)21(22,23)24/h2-9,11-12,30H,13,26H2,1H3,(H,28,29)/t20-/m0/s1. The van der Waals surface area contributed by atoms with Gasteiger partial charge in [0.15, 0.2) is 5.60 Å². The lowest BCUT2D eigenvalue weighted by Gasteiger charge is -2.21. The number of nitrogens with one attached hydrogen (secondary N) is 1. The van der Waals surface area contributed by atoms with Gasteiger partial charge in [-0.25, -0.2) is 0 Å². The van der Waals surface area contributed by atoms with Crippen LogP contribution in [0.3, 0.4) is 0 Å². The molecule has 0 unspecified atom stereocenters. The zero-order valence-corrected chi connectivity index (χ0v) is 15.9. The normalized spacial score (nSPS) is 14.2. The third-order valence-electron chi connectivity index (χ3n) is 4.11. The molecule has 0 aliphatic rings. The number of anilines is 1. The van der Waals surface area contributed by atoms with Gasteiger partial charge in [-0.2, -0.15) is 18.4 Å². The summed E-state index contributed by atoms with van der Waals surface area (Å²) in [5.74, 6) is -0.949. The minimum atomic E-state index is -4.76. The van der Waals surface area contributed by atoms with E-state index in [1.165, 1.54) is 25.4 Å². The van der Waals surface area contributed by atoms with E-state index in [-0.39, 0.29) is 12.2 Å². The molecule has 0 heterocycles. The number of halogens is 3. The van der Waals surface area contributed by atoms with Crippen molar-refractivity contribution in [3.8, 4) is 6.07 Å². The molecule has 0 aliphatic heterocycles.